The van der Waals surface area contributed by atoms with Crippen LogP contribution in [0.25, 0.3) is 11.1 Å². The fourth-order valence-corrected chi connectivity index (χ4v) is 4.33. The van der Waals surface area contributed by atoms with Crippen LogP contribution in [-0.4, -0.2) is 6.04 Å². The summed E-state index contributed by atoms with van der Waals surface area (Å²) >= 11 is 3.53. The van der Waals surface area contributed by atoms with Crippen molar-refractivity contribution in [3.05, 3.63) is 107 Å². The van der Waals surface area contributed by atoms with Gasteiger partial charge in [0.05, 0.1) is 6.04 Å². The summed E-state index contributed by atoms with van der Waals surface area (Å²) in [7, 11) is 0. The lowest BCUT2D eigenvalue weighted by atomic mass is 9.88. The van der Waals surface area contributed by atoms with Crippen molar-refractivity contribution in [1.29, 1.82) is 0 Å². The van der Waals surface area contributed by atoms with E-state index in [1.54, 1.807) is 0 Å². The van der Waals surface area contributed by atoms with Crippen molar-refractivity contribution < 1.29 is 0 Å². The molecule has 5 rings (SSSR count). The Morgan fingerprint density at radius 2 is 1.50 bits per heavy atom. The molecule has 1 aliphatic carbocycles. The van der Waals surface area contributed by atoms with Gasteiger partial charge in [-0.2, -0.15) is 0 Å². The third-order valence-corrected chi connectivity index (χ3v) is 5.80. The SMILES string of the molecule is Brc1ccc(C2=CC=C3c4ccccc4N(c4ccccc4)C3C2)cc1. The van der Waals surface area contributed by atoms with Gasteiger partial charge in [-0.3, -0.25) is 0 Å². The van der Waals surface area contributed by atoms with Crippen molar-refractivity contribution in [2.24, 2.45) is 0 Å². The Morgan fingerprint density at radius 3 is 2.31 bits per heavy atom. The number of hydrogen-bond donors (Lipinski definition) is 0. The van der Waals surface area contributed by atoms with Crippen LogP contribution in [0.4, 0.5) is 11.4 Å². The molecule has 0 spiro atoms. The first-order valence-electron chi connectivity index (χ1n) is 8.91. The normalized spacial score (nSPS) is 18.0. The Labute approximate surface area is 162 Å². The summed E-state index contributed by atoms with van der Waals surface area (Å²) in [6.45, 7) is 0. The molecule has 2 heteroatoms. The van der Waals surface area contributed by atoms with Gasteiger partial charge < -0.3 is 4.90 Å². The number of nitrogens with zero attached hydrogens (tertiary/aromatic N) is 1. The highest BCUT2D eigenvalue weighted by Crippen LogP contribution is 2.49. The number of fused-ring (bicyclic) bond motifs is 3. The highest BCUT2D eigenvalue weighted by molar-refractivity contribution is 9.10. The third kappa shape index (κ3) is 2.53. The molecule has 2 aliphatic rings. The molecule has 0 saturated carbocycles. The van der Waals surface area contributed by atoms with Crippen molar-refractivity contribution in [1.82, 2.24) is 0 Å². The molecule has 0 saturated heterocycles. The van der Waals surface area contributed by atoms with Gasteiger partial charge in [0.15, 0.2) is 0 Å². The predicted molar refractivity (Wildman–Crippen MR) is 114 cm³/mol. The standard InChI is InChI=1S/C24H18BrN/c25-19-13-10-17(11-14-19)18-12-15-22-21-8-4-5-9-23(21)26(24(22)16-18)20-6-2-1-3-7-20/h1-15,24H,16H2. The Bertz CT molecular complexity index is 1020. The van der Waals surface area contributed by atoms with E-state index in [4.69, 9.17) is 0 Å². The first-order chi connectivity index (χ1) is 12.8. The number of anilines is 2. The second kappa shape index (κ2) is 6.30. The molecular formula is C24H18BrN. The van der Waals surface area contributed by atoms with Crippen molar-refractivity contribution in [2.75, 3.05) is 4.90 Å². The van der Waals surface area contributed by atoms with Crippen LogP contribution in [0.1, 0.15) is 17.5 Å². The summed E-state index contributed by atoms with van der Waals surface area (Å²) in [5, 5.41) is 0. The number of halogens is 1. The third-order valence-electron chi connectivity index (χ3n) is 5.27. The highest BCUT2D eigenvalue weighted by Gasteiger charge is 2.36. The molecule has 0 aromatic heterocycles. The Hall–Kier alpha value is -2.58. The largest absolute Gasteiger partial charge is 0.333 e. The van der Waals surface area contributed by atoms with E-state index < -0.39 is 0 Å². The summed E-state index contributed by atoms with van der Waals surface area (Å²) < 4.78 is 1.12. The van der Waals surface area contributed by atoms with Gasteiger partial charge in [-0.05, 0) is 53.5 Å². The maximum Gasteiger partial charge on any atom is 0.0638 e. The second-order valence-electron chi connectivity index (χ2n) is 6.76. The van der Waals surface area contributed by atoms with E-state index in [2.05, 4.69) is 112 Å². The van der Waals surface area contributed by atoms with Gasteiger partial charge >= 0.3 is 0 Å². The van der Waals surface area contributed by atoms with Crippen LogP contribution in [0.15, 0.2) is 95.5 Å². The van der Waals surface area contributed by atoms with E-state index in [0.29, 0.717) is 6.04 Å². The van der Waals surface area contributed by atoms with Gasteiger partial charge in [-0.1, -0.05) is 76.6 Å². The number of para-hydroxylation sites is 2. The minimum Gasteiger partial charge on any atom is -0.333 e. The zero-order chi connectivity index (χ0) is 17.5. The van der Waals surface area contributed by atoms with Crippen LogP contribution in [0.3, 0.4) is 0 Å². The molecule has 0 fully saturated rings. The zero-order valence-electron chi connectivity index (χ0n) is 14.3. The molecule has 3 aromatic carbocycles. The van der Waals surface area contributed by atoms with Gasteiger partial charge in [0.2, 0.25) is 0 Å². The summed E-state index contributed by atoms with van der Waals surface area (Å²) in [6.07, 6.45) is 5.62. The molecule has 26 heavy (non-hydrogen) atoms. The van der Waals surface area contributed by atoms with Gasteiger partial charge in [-0.15, -0.1) is 0 Å². The summed E-state index contributed by atoms with van der Waals surface area (Å²) in [4.78, 5) is 2.49. The second-order valence-corrected chi connectivity index (χ2v) is 7.68. The van der Waals surface area contributed by atoms with Crippen molar-refractivity contribution >= 4 is 38.5 Å². The molecule has 0 bridgehead atoms. The number of allylic oxidation sites excluding steroid dienone is 2. The lowest BCUT2D eigenvalue weighted by Crippen LogP contribution is -2.28. The number of hydrogen-bond acceptors (Lipinski definition) is 1. The predicted octanol–water partition coefficient (Wildman–Crippen LogP) is 6.84. The van der Waals surface area contributed by atoms with Crippen LogP contribution in [-0.2, 0) is 0 Å². The fraction of sp³-hybridized carbons (Fsp3) is 0.0833. The first-order valence-corrected chi connectivity index (χ1v) is 9.71. The Kier molecular flexibility index (Phi) is 3.79. The smallest absolute Gasteiger partial charge is 0.0638 e. The van der Waals surface area contributed by atoms with Crippen molar-refractivity contribution in [3.8, 4) is 0 Å². The highest BCUT2D eigenvalue weighted by atomic mass is 79.9. The van der Waals surface area contributed by atoms with E-state index in [-0.39, 0.29) is 0 Å². The van der Waals surface area contributed by atoms with E-state index in [9.17, 15) is 0 Å². The lowest BCUT2D eigenvalue weighted by Gasteiger charge is -2.30. The average molecular weight is 400 g/mol. The van der Waals surface area contributed by atoms with Gasteiger partial charge in [-0.25, -0.2) is 0 Å². The van der Waals surface area contributed by atoms with Crippen LogP contribution in [0, 0.1) is 0 Å². The monoisotopic (exact) mass is 399 g/mol. The minimum atomic E-state index is 0.346. The van der Waals surface area contributed by atoms with Gasteiger partial charge in [0, 0.05) is 21.4 Å². The molecule has 1 aliphatic heterocycles. The maximum absolute atomic E-state index is 3.53. The molecule has 1 unspecified atom stereocenters. The molecule has 1 nitrogen and oxygen atoms in total. The van der Waals surface area contributed by atoms with Crippen LogP contribution < -0.4 is 4.90 Å². The van der Waals surface area contributed by atoms with E-state index >= 15 is 0 Å². The molecule has 1 atom stereocenters. The quantitative estimate of drug-likeness (QED) is 0.455. The zero-order valence-corrected chi connectivity index (χ0v) is 15.9. The topological polar surface area (TPSA) is 3.24 Å². The average Bonchev–Trinajstić information content (AvgIpc) is 3.03. The van der Waals surface area contributed by atoms with Crippen molar-refractivity contribution in [3.63, 3.8) is 0 Å². The Balaban J connectivity index is 1.61. The molecule has 3 aromatic rings. The summed E-state index contributed by atoms with van der Waals surface area (Å²) in [6, 6.07) is 28.5. The maximum atomic E-state index is 3.53. The van der Waals surface area contributed by atoms with E-state index in [1.807, 2.05) is 0 Å². The minimum absolute atomic E-state index is 0.346. The van der Waals surface area contributed by atoms with Gasteiger partial charge in [0.1, 0.15) is 0 Å². The van der Waals surface area contributed by atoms with E-state index in [0.717, 1.165) is 10.9 Å². The van der Waals surface area contributed by atoms with E-state index in [1.165, 1.54) is 33.6 Å². The summed E-state index contributed by atoms with van der Waals surface area (Å²) in [5.41, 5.74) is 8.02. The summed E-state index contributed by atoms with van der Waals surface area (Å²) in [5.74, 6) is 0. The Morgan fingerprint density at radius 1 is 0.769 bits per heavy atom. The van der Waals surface area contributed by atoms with Crippen molar-refractivity contribution in [2.45, 2.75) is 12.5 Å². The van der Waals surface area contributed by atoms with Crippen LogP contribution in [0.2, 0.25) is 0 Å². The molecule has 0 amide bonds. The number of benzene rings is 3. The van der Waals surface area contributed by atoms with Gasteiger partial charge in [0.25, 0.3) is 0 Å². The lowest BCUT2D eigenvalue weighted by molar-refractivity contribution is 0.840. The van der Waals surface area contributed by atoms with Crippen LogP contribution >= 0.6 is 15.9 Å². The molecule has 0 radical (unpaired) electrons. The molecule has 126 valence electrons. The first kappa shape index (κ1) is 15.7. The fourth-order valence-electron chi connectivity index (χ4n) is 4.07. The molecule has 0 N–H and O–H groups in total. The molecule has 1 heterocycles. The van der Waals surface area contributed by atoms with Crippen LogP contribution in [0.5, 0.6) is 0 Å². The number of rotatable bonds is 2. The molecular weight excluding hydrogens is 382 g/mol.